The topological polar surface area (TPSA) is 46.3 Å². The summed E-state index contributed by atoms with van der Waals surface area (Å²) in [6.45, 7) is 7.29. The van der Waals surface area contributed by atoms with Gasteiger partial charge in [-0.1, -0.05) is 20.3 Å². The second kappa shape index (κ2) is 4.09. The molecule has 0 aromatic rings. The Morgan fingerprint density at radius 3 is 2.62 bits per heavy atom. The summed E-state index contributed by atoms with van der Waals surface area (Å²) in [5.41, 5.74) is 5.66. The van der Waals surface area contributed by atoms with Crippen LogP contribution < -0.4 is 5.73 Å². The normalized spacial score (nSPS) is 27.8. The van der Waals surface area contributed by atoms with E-state index in [1.165, 1.54) is 0 Å². The number of nitrogens with zero attached hydrogens (tertiary/aromatic N) is 1. The Balaban J connectivity index is 2.57. The molecule has 2 N–H and O–H groups in total. The van der Waals surface area contributed by atoms with E-state index in [1.807, 2.05) is 4.90 Å². The number of amides is 1. The van der Waals surface area contributed by atoms with Crippen molar-refractivity contribution in [3.05, 3.63) is 0 Å². The highest BCUT2D eigenvalue weighted by Gasteiger charge is 2.33. The van der Waals surface area contributed by atoms with E-state index in [9.17, 15) is 4.79 Å². The molecule has 0 aromatic carbocycles. The first-order chi connectivity index (χ1) is 6.07. The number of hydrogen-bond acceptors (Lipinski definition) is 2. The number of likely N-dealkylation sites (tertiary alicyclic amines) is 1. The van der Waals surface area contributed by atoms with Gasteiger partial charge in [-0.05, 0) is 19.3 Å². The lowest BCUT2D eigenvalue weighted by Gasteiger charge is -2.29. The molecule has 1 heterocycles. The quantitative estimate of drug-likeness (QED) is 0.710. The van der Waals surface area contributed by atoms with Gasteiger partial charge in [0.25, 0.3) is 0 Å². The summed E-state index contributed by atoms with van der Waals surface area (Å²) < 4.78 is 0. The minimum atomic E-state index is -0.244. The van der Waals surface area contributed by atoms with Crippen LogP contribution in [-0.4, -0.2) is 29.4 Å². The van der Waals surface area contributed by atoms with Gasteiger partial charge in [-0.25, -0.2) is 0 Å². The van der Waals surface area contributed by atoms with Gasteiger partial charge in [-0.15, -0.1) is 0 Å². The molecule has 3 heteroatoms. The summed E-state index contributed by atoms with van der Waals surface area (Å²) >= 11 is 0. The molecule has 3 unspecified atom stereocenters. The molecule has 0 aromatic heterocycles. The smallest absolute Gasteiger partial charge is 0.239 e. The molecule has 1 saturated heterocycles. The van der Waals surface area contributed by atoms with E-state index in [1.54, 1.807) is 0 Å². The molecule has 0 spiro atoms. The average molecular weight is 184 g/mol. The Labute approximate surface area is 80.3 Å². The van der Waals surface area contributed by atoms with Crippen LogP contribution in [0.25, 0.3) is 0 Å². The lowest BCUT2D eigenvalue weighted by molar-refractivity contribution is -0.131. The largest absolute Gasteiger partial charge is 0.338 e. The molecule has 3 nitrogen and oxygen atoms in total. The van der Waals surface area contributed by atoms with Gasteiger partial charge in [0, 0.05) is 12.6 Å². The second-order valence-corrected chi connectivity index (χ2v) is 4.05. The van der Waals surface area contributed by atoms with Crippen molar-refractivity contribution in [2.45, 2.75) is 45.7 Å². The predicted molar refractivity (Wildman–Crippen MR) is 53.2 cm³/mol. The van der Waals surface area contributed by atoms with Gasteiger partial charge in [-0.2, -0.15) is 0 Å². The van der Waals surface area contributed by atoms with E-state index < -0.39 is 0 Å². The molecular formula is C10H20N2O. The van der Waals surface area contributed by atoms with Crippen LogP contribution >= 0.6 is 0 Å². The molecule has 1 rings (SSSR count). The minimum absolute atomic E-state index is 0.132. The van der Waals surface area contributed by atoms with E-state index >= 15 is 0 Å². The van der Waals surface area contributed by atoms with Crippen LogP contribution in [-0.2, 0) is 4.79 Å². The van der Waals surface area contributed by atoms with Crippen molar-refractivity contribution in [2.75, 3.05) is 6.54 Å². The van der Waals surface area contributed by atoms with Crippen LogP contribution in [0.2, 0.25) is 0 Å². The van der Waals surface area contributed by atoms with Crippen molar-refractivity contribution in [1.82, 2.24) is 4.90 Å². The number of rotatable bonds is 3. The monoisotopic (exact) mass is 184 g/mol. The van der Waals surface area contributed by atoms with Crippen molar-refractivity contribution in [2.24, 2.45) is 11.7 Å². The van der Waals surface area contributed by atoms with Gasteiger partial charge < -0.3 is 10.6 Å². The van der Waals surface area contributed by atoms with Crippen molar-refractivity contribution < 1.29 is 4.79 Å². The lowest BCUT2D eigenvalue weighted by Crippen LogP contribution is -2.42. The Hall–Kier alpha value is -0.570. The zero-order valence-electron chi connectivity index (χ0n) is 8.79. The first-order valence-corrected chi connectivity index (χ1v) is 5.14. The molecule has 0 aliphatic carbocycles. The van der Waals surface area contributed by atoms with E-state index in [0.717, 1.165) is 19.4 Å². The average Bonchev–Trinajstić information content (AvgIpc) is 2.45. The van der Waals surface area contributed by atoms with Crippen LogP contribution in [0.5, 0.6) is 0 Å². The highest BCUT2D eigenvalue weighted by molar-refractivity contribution is 5.83. The van der Waals surface area contributed by atoms with Gasteiger partial charge in [-0.3, -0.25) is 4.79 Å². The molecule has 76 valence electrons. The highest BCUT2D eigenvalue weighted by Crippen LogP contribution is 2.19. The van der Waals surface area contributed by atoms with E-state index in [2.05, 4.69) is 20.8 Å². The van der Waals surface area contributed by atoms with Gasteiger partial charge in [0.15, 0.2) is 0 Å². The van der Waals surface area contributed by atoms with Gasteiger partial charge >= 0.3 is 0 Å². The summed E-state index contributed by atoms with van der Waals surface area (Å²) in [6, 6.07) is 0.0950. The summed E-state index contributed by atoms with van der Waals surface area (Å²) in [4.78, 5) is 13.5. The molecule has 0 bridgehead atoms. The van der Waals surface area contributed by atoms with Crippen LogP contribution in [0.4, 0.5) is 0 Å². The fraction of sp³-hybridized carbons (Fsp3) is 0.900. The maximum Gasteiger partial charge on any atom is 0.239 e. The number of carbonyl (C=O) groups is 1. The first kappa shape index (κ1) is 10.5. The molecule has 1 aliphatic heterocycles. The van der Waals surface area contributed by atoms with Crippen molar-refractivity contribution in [1.29, 1.82) is 0 Å². The van der Waals surface area contributed by atoms with E-state index in [0.29, 0.717) is 12.0 Å². The SMILES string of the molecule is CCC(C)C(C)N1CCC(N)C1=O. The van der Waals surface area contributed by atoms with Crippen LogP contribution in [0.15, 0.2) is 0 Å². The Bertz CT molecular complexity index is 193. The molecule has 3 atom stereocenters. The third kappa shape index (κ3) is 2.02. The van der Waals surface area contributed by atoms with E-state index in [4.69, 9.17) is 5.73 Å². The Morgan fingerprint density at radius 2 is 2.23 bits per heavy atom. The van der Waals surface area contributed by atoms with Crippen LogP contribution in [0.3, 0.4) is 0 Å². The fourth-order valence-corrected chi connectivity index (χ4v) is 1.78. The molecule has 0 saturated carbocycles. The molecule has 1 amide bonds. The Morgan fingerprint density at radius 1 is 1.62 bits per heavy atom. The van der Waals surface area contributed by atoms with Crippen molar-refractivity contribution in [3.63, 3.8) is 0 Å². The number of hydrogen-bond donors (Lipinski definition) is 1. The summed E-state index contributed by atoms with van der Waals surface area (Å²) in [6.07, 6.45) is 1.93. The van der Waals surface area contributed by atoms with E-state index in [-0.39, 0.29) is 11.9 Å². The minimum Gasteiger partial charge on any atom is -0.338 e. The third-order valence-electron chi connectivity index (χ3n) is 3.24. The van der Waals surface area contributed by atoms with Gasteiger partial charge in [0.2, 0.25) is 5.91 Å². The van der Waals surface area contributed by atoms with Crippen molar-refractivity contribution in [3.8, 4) is 0 Å². The highest BCUT2D eigenvalue weighted by atomic mass is 16.2. The summed E-state index contributed by atoms with van der Waals surface area (Å²) in [5, 5.41) is 0. The first-order valence-electron chi connectivity index (χ1n) is 5.14. The summed E-state index contributed by atoms with van der Waals surface area (Å²) in [5.74, 6) is 0.696. The molecule has 0 radical (unpaired) electrons. The number of carbonyl (C=O) groups excluding carboxylic acids is 1. The van der Waals surface area contributed by atoms with Gasteiger partial charge in [0.05, 0.1) is 6.04 Å². The molecular weight excluding hydrogens is 164 g/mol. The van der Waals surface area contributed by atoms with Crippen LogP contribution in [0.1, 0.15) is 33.6 Å². The second-order valence-electron chi connectivity index (χ2n) is 4.05. The lowest BCUT2D eigenvalue weighted by atomic mass is 10.00. The molecule has 1 aliphatic rings. The zero-order chi connectivity index (χ0) is 10.0. The summed E-state index contributed by atoms with van der Waals surface area (Å²) in [7, 11) is 0. The fourth-order valence-electron chi connectivity index (χ4n) is 1.78. The van der Waals surface area contributed by atoms with Crippen LogP contribution in [0, 0.1) is 5.92 Å². The maximum atomic E-state index is 11.6. The van der Waals surface area contributed by atoms with Gasteiger partial charge in [0.1, 0.15) is 0 Å². The predicted octanol–water partition coefficient (Wildman–Crippen LogP) is 0.981. The van der Waals surface area contributed by atoms with Crippen molar-refractivity contribution >= 4 is 5.91 Å². The molecule has 1 fully saturated rings. The standard InChI is InChI=1S/C10H20N2O/c1-4-7(2)8(3)12-6-5-9(11)10(12)13/h7-9H,4-6,11H2,1-3H3. The molecule has 13 heavy (non-hydrogen) atoms. The number of nitrogens with two attached hydrogens (primary N) is 1. The maximum absolute atomic E-state index is 11.6. The third-order valence-corrected chi connectivity index (χ3v) is 3.24. The Kier molecular flexibility index (Phi) is 3.31. The zero-order valence-corrected chi connectivity index (χ0v) is 8.79.